The Kier molecular flexibility index (Phi) is 2.78. The number of anilines is 4. The summed E-state index contributed by atoms with van der Waals surface area (Å²) in [5.74, 6) is 0.442. The van der Waals surface area contributed by atoms with E-state index in [0.717, 1.165) is 28.0 Å². The summed E-state index contributed by atoms with van der Waals surface area (Å²) in [6, 6.07) is 15.2. The molecular formula is C18H15N3O2. The number of nitrogens with one attached hydrogen (secondary N) is 1. The zero-order chi connectivity index (χ0) is 16.1. The lowest BCUT2D eigenvalue weighted by Gasteiger charge is -2.30. The third kappa shape index (κ3) is 1.80. The molecule has 0 radical (unpaired) electrons. The van der Waals surface area contributed by atoms with Crippen molar-refractivity contribution >= 4 is 45.6 Å². The summed E-state index contributed by atoms with van der Waals surface area (Å²) in [6.45, 7) is 3.05. The molecule has 0 saturated heterocycles. The van der Waals surface area contributed by atoms with Crippen LogP contribution in [-0.4, -0.2) is 16.4 Å². The molecule has 0 bridgehead atoms. The average molecular weight is 305 g/mol. The average Bonchev–Trinajstić information content (AvgIpc) is 2.86. The second kappa shape index (κ2) is 4.71. The van der Waals surface area contributed by atoms with Crippen LogP contribution in [0.5, 0.6) is 0 Å². The molecule has 1 aromatic heterocycles. The number of nitrogens with zero attached hydrogens (tertiary/aromatic N) is 2. The molecule has 23 heavy (non-hydrogen) atoms. The highest BCUT2D eigenvalue weighted by Gasteiger charge is 2.32. The van der Waals surface area contributed by atoms with Gasteiger partial charge in [-0.15, -0.1) is 0 Å². The third-order valence-electron chi connectivity index (χ3n) is 4.10. The van der Waals surface area contributed by atoms with Gasteiger partial charge in [-0.1, -0.05) is 30.3 Å². The van der Waals surface area contributed by atoms with Crippen molar-refractivity contribution in [2.24, 2.45) is 0 Å². The van der Waals surface area contributed by atoms with E-state index < -0.39 is 0 Å². The van der Waals surface area contributed by atoms with E-state index in [1.165, 1.54) is 13.8 Å². The summed E-state index contributed by atoms with van der Waals surface area (Å²) in [5, 5.41) is 4.18. The predicted molar refractivity (Wildman–Crippen MR) is 90.8 cm³/mol. The molecule has 1 aliphatic heterocycles. The molecule has 2 aromatic carbocycles. The number of fused-ring (bicyclic) bond motifs is 4. The Morgan fingerprint density at radius 3 is 2.35 bits per heavy atom. The van der Waals surface area contributed by atoms with Gasteiger partial charge in [-0.05, 0) is 18.2 Å². The Morgan fingerprint density at radius 1 is 0.913 bits per heavy atom. The number of carbonyl (C=O) groups is 2. The first-order chi connectivity index (χ1) is 11.1. The topological polar surface area (TPSA) is 54.3 Å². The molecule has 2 heterocycles. The van der Waals surface area contributed by atoms with Gasteiger partial charge in [-0.2, -0.15) is 0 Å². The standard InChI is InChI=1S/C18H15N3O2/c1-11(22)20-16-10-6-4-8-14(16)19-18-17(20)13-7-3-5-9-15(13)21(18)12(2)23/h3-10,19H,1-2H3. The van der Waals surface area contributed by atoms with E-state index in [9.17, 15) is 9.59 Å². The fourth-order valence-electron chi connectivity index (χ4n) is 3.24. The smallest absolute Gasteiger partial charge is 0.229 e. The minimum absolute atomic E-state index is 0.0911. The minimum Gasteiger partial charge on any atom is -0.338 e. The van der Waals surface area contributed by atoms with Crippen LogP contribution in [-0.2, 0) is 4.79 Å². The second-order valence-electron chi connectivity index (χ2n) is 5.57. The van der Waals surface area contributed by atoms with Gasteiger partial charge in [0.2, 0.25) is 11.8 Å². The highest BCUT2D eigenvalue weighted by molar-refractivity contribution is 6.18. The van der Waals surface area contributed by atoms with Gasteiger partial charge in [0.1, 0.15) is 5.82 Å². The quantitative estimate of drug-likeness (QED) is 0.682. The molecule has 1 N–H and O–H groups in total. The van der Waals surface area contributed by atoms with Crippen LogP contribution in [0, 0.1) is 0 Å². The van der Waals surface area contributed by atoms with E-state index in [0.29, 0.717) is 5.82 Å². The maximum absolute atomic E-state index is 12.4. The van der Waals surface area contributed by atoms with Gasteiger partial charge in [0.05, 0.1) is 22.6 Å². The molecule has 0 atom stereocenters. The second-order valence-corrected chi connectivity index (χ2v) is 5.57. The highest BCUT2D eigenvalue weighted by atomic mass is 16.2. The van der Waals surface area contributed by atoms with Crippen LogP contribution in [0.4, 0.5) is 22.9 Å². The van der Waals surface area contributed by atoms with E-state index >= 15 is 0 Å². The van der Waals surface area contributed by atoms with Crippen molar-refractivity contribution in [3.63, 3.8) is 0 Å². The van der Waals surface area contributed by atoms with Crippen LogP contribution in [0.3, 0.4) is 0 Å². The Balaban J connectivity index is 2.14. The molecule has 0 aliphatic carbocycles. The Morgan fingerprint density at radius 2 is 1.61 bits per heavy atom. The van der Waals surface area contributed by atoms with Gasteiger partial charge in [-0.25, -0.2) is 0 Å². The number of benzene rings is 2. The van der Waals surface area contributed by atoms with Crippen LogP contribution >= 0.6 is 0 Å². The number of hydrogen-bond acceptors (Lipinski definition) is 3. The Hall–Kier alpha value is -3.08. The molecule has 1 aliphatic rings. The zero-order valence-electron chi connectivity index (χ0n) is 12.8. The van der Waals surface area contributed by atoms with Gasteiger partial charge in [0.25, 0.3) is 0 Å². The van der Waals surface area contributed by atoms with Crippen molar-refractivity contribution in [2.75, 3.05) is 10.2 Å². The van der Waals surface area contributed by atoms with Crippen molar-refractivity contribution in [1.29, 1.82) is 0 Å². The monoisotopic (exact) mass is 305 g/mol. The van der Waals surface area contributed by atoms with E-state index in [1.807, 2.05) is 48.5 Å². The van der Waals surface area contributed by atoms with E-state index in [2.05, 4.69) is 5.32 Å². The molecular weight excluding hydrogens is 290 g/mol. The number of carbonyl (C=O) groups excluding carboxylic acids is 2. The number of rotatable bonds is 0. The number of para-hydroxylation sites is 3. The predicted octanol–water partition coefficient (Wildman–Crippen LogP) is 4.04. The van der Waals surface area contributed by atoms with Gasteiger partial charge < -0.3 is 5.32 Å². The Bertz CT molecular complexity index is 972. The van der Waals surface area contributed by atoms with E-state index in [4.69, 9.17) is 0 Å². The maximum atomic E-state index is 12.4. The third-order valence-corrected chi connectivity index (χ3v) is 4.10. The van der Waals surface area contributed by atoms with Crippen LogP contribution < -0.4 is 10.2 Å². The lowest BCUT2D eigenvalue weighted by Crippen LogP contribution is -2.27. The molecule has 114 valence electrons. The van der Waals surface area contributed by atoms with Gasteiger partial charge >= 0.3 is 0 Å². The van der Waals surface area contributed by atoms with Gasteiger partial charge in [0, 0.05) is 19.2 Å². The van der Waals surface area contributed by atoms with Crippen LogP contribution in [0.2, 0.25) is 0 Å². The van der Waals surface area contributed by atoms with E-state index in [-0.39, 0.29) is 11.8 Å². The summed E-state index contributed by atoms with van der Waals surface area (Å²) >= 11 is 0. The molecule has 0 saturated carbocycles. The summed E-state index contributed by atoms with van der Waals surface area (Å²) in [7, 11) is 0. The summed E-state index contributed by atoms with van der Waals surface area (Å²) in [4.78, 5) is 26.2. The molecule has 0 unspecified atom stereocenters. The largest absolute Gasteiger partial charge is 0.338 e. The van der Waals surface area contributed by atoms with Gasteiger partial charge in [-0.3, -0.25) is 19.1 Å². The molecule has 1 amide bonds. The number of hydrogen-bond donors (Lipinski definition) is 1. The molecule has 0 fully saturated rings. The van der Waals surface area contributed by atoms with Crippen molar-refractivity contribution < 1.29 is 9.59 Å². The van der Waals surface area contributed by atoms with E-state index in [1.54, 1.807) is 9.47 Å². The summed E-state index contributed by atoms with van der Waals surface area (Å²) in [5.41, 5.74) is 3.11. The van der Waals surface area contributed by atoms with Crippen molar-refractivity contribution in [2.45, 2.75) is 13.8 Å². The molecule has 3 aromatic rings. The first-order valence-electron chi connectivity index (χ1n) is 7.40. The number of aromatic nitrogens is 1. The fraction of sp³-hybridized carbons (Fsp3) is 0.111. The molecule has 5 heteroatoms. The molecule has 0 spiro atoms. The zero-order valence-corrected chi connectivity index (χ0v) is 12.8. The van der Waals surface area contributed by atoms with Crippen molar-refractivity contribution in [3.05, 3.63) is 48.5 Å². The minimum atomic E-state index is -0.0992. The van der Waals surface area contributed by atoms with Crippen LogP contribution in [0.1, 0.15) is 18.6 Å². The Labute approximate surface area is 133 Å². The van der Waals surface area contributed by atoms with Crippen LogP contribution in [0.25, 0.3) is 10.9 Å². The fourth-order valence-corrected chi connectivity index (χ4v) is 3.24. The van der Waals surface area contributed by atoms with Crippen molar-refractivity contribution in [1.82, 2.24) is 4.57 Å². The van der Waals surface area contributed by atoms with Gasteiger partial charge in [0.15, 0.2) is 0 Å². The number of amides is 1. The lowest BCUT2D eigenvalue weighted by atomic mass is 10.1. The maximum Gasteiger partial charge on any atom is 0.229 e. The van der Waals surface area contributed by atoms with Crippen molar-refractivity contribution in [3.8, 4) is 0 Å². The summed E-state index contributed by atoms with van der Waals surface area (Å²) in [6.07, 6.45) is 0. The first kappa shape index (κ1) is 13.6. The van der Waals surface area contributed by atoms with Crippen LogP contribution in [0.15, 0.2) is 48.5 Å². The molecule has 4 rings (SSSR count). The highest BCUT2D eigenvalue weighted by Crippen LogP contribution is 2.48. The lowest BCUT2D eigenvalue weighted by molar-refractivity contribution is -0.115. The summed E-state index contributed by atoms with van der Waals surface area (Å²) < 4.78 is 1.62. The normalized spacial score (nSPS) is 12.5. The SMILES string of the molecule is CC(=O)N1c2ccccc2Nc2c1c1ccccc1n2C(C)=O. The molecule has 5 nitrogen and oxygen atoms in total. The first-order valence-corrected chi connectivity index (χ1v) is 7.40.